The molecule has 7 heteroatoms. The minimum absolute atomic E-state index is 0.00705. The first-order valence-corrected chi connectivity index (χ1v) is 8.73. The fourth-order valence-electron chi connectivity index (χ4n) is 3.25. The van der Waals surface area contributed by atoms with Gasteiger partial charge in [0.05, 0.1) is 13.2 Å². The molecule has 7 nitrogen and oxygen atoms in total. The Morgan fingerprint density at radius 1 is 1.20 bits per heavy atom. The molecule has 1 N–H and O–H groups in total. The van der Waals surface area contributed by atoms with Crippen LogP contribution >= 0.6 is 0 Å². The SMILES string of the molecule is CN(C)c1cccc(C(=O)N2CCNC[C@@H]2C(=O)N2CCOCC2)c1. The third-order valence-corrected chi connectivity index (χ3v) is 4.72. The Labute approximate surface area is 148 Å². The molecule has 0 aromatic heterocycles. The molecule has 0 saturated carbocycles. The molecule has 0 aliphatic carbocycles. The molecule has 25 heavy (non-hydrogen) atoms. The number of anilines is 1. The molecule has 3 rings (SSSR count). The number of hydrogen-bond acceptors (Lipinski definition) is 5. The number of hydrogen-bond donors (Lipinski definition) is 1. The van der Waals surface area contributed by atoms with Crippen molar-refractivity contribution in [3.63, 3.8) is 0 Å². The van der Waals surface area contributed by atoms with Crippen LogP contribution in [0.15, 0.2) is 24.3 Å². The molecule has 2 heterocycles. The molecular formula is C18H26N4O3. The largest absolute Gasteiger partial charge is 0.378 e. The zero-order valence-electron chi connectivity index (χ0n) is 14.9. The molecule has 136 valence electrons. The second kappa shape index (κ2) is 7.84. The minimum Gasteiger partial charge on any atom is -0.378 e. The highest BCUT2D eigenvalue weighted by Crippen LogP contribution is 2.18. The molecule has 1 aromatic carbocycles. The molecule has 2 aliphatic rings. The zero-order valence-corrected chi connectivity index (χ0v) is 14.9. The van der Waals surface area contributed by atoms with E-state index in [0.29, 0.717) is 51.5 Å². The lowest BCUT2D eigenvalue weighted by Crippen LogP contribution is -2.61. The Bertz CT molecular complexity index is 629. The highest BCUT2D eigenvalue weighted by molar-refractivity contribution is 5.98. The summed E-state index contributed by atoms with van der Waals surface area (Å²) in [6, 6.07) is 7.07. The number of nitrogens with one attached hydrogen (secondary N) is 1. The van der Waals surface area contributed by atoms with Gasteiger partial charge in [0.1, 0.15) is 6.04 Å². The topological polar surface area (TPSA) is 65.1 Å². The average Bonchev–Trinajstić information content (AvgIpc) is 2.67. The summed E-state index contributed by atoms with van der Waals surface area (Å²) in [5.41, 5.74) is 1.59. The van der Waals surface area contributed by atoms with E-state index in [9.17, 15) is 9.59 Å². The summed E-state index contributed by atoms with van der Waals surface area (Å²) in [7, 11) is 3.89. The Morgan fingerprint density at radius 3 is 2.68 bits per heavy atom. The molecule has 0 spiro atoms. The normalized spacial score (nSPS) is 21.1. The maximum absolute atomic E-state index is 13.1. The van der Waals surface area contributed by atoms with E-state index in [1.807, 2.05) is 43.3 Å². The molecule has 2 aliphatic heterocycles. The maximum atomic E-state index is 13.1. The highest BCUT2D eigenvalue weighted by atomic mass is 16.5. The summed E-state index contributed by atoms with van der Waals surface area (Å²) in [6.45, 7) is 4.03. The van der Waals surface area contributed by atoms with Crippen LogP contribution in [0.25, 0.3) is 0 Å². The molecule has 2 amide bonds. The lowest BCUT2D eigenvalue weighted by atomic mass is 10.1. The van der Waals surface area contributed by atoms with Crippen LogP contribution in [0.3, 0.4) is 0 Å². The fourth-order valence-corrected chi connectivity index (χ4v) is 3.25. The van der Waals surface area contributed by atoms with E-state index >= 15 is 0 Å². The van der Waals surface area contributed by atoms with Gasteiger partial charge < -0.3 is 24.8 Å². The molecule has 1 atom stereocenters. The van der Waals surface area contributed by atoms with Gasteiger partial charge in [-0.25, -0.2) is 0 Å². The van der Waals surface area contributed by atoms with Crippen molar-refractivity contribution < 1.29 is 14.3 Å². The summed E-state index contributed by atoms with van der Waals surface area (Å²) in [6.07, 6.45) is 0. The summed E-state index contributed by atoms with van der Waals surface area (Å²) in [5, 5.41) is 3.24. The van der Waals surface area contributed by atoms with Crippen LogP contribution in [0, 0.1) is 0 Å². The van der Waals surface area contributed by atoms with E-state index in [2.05, 4.69) is 5.32 Å². The first-order chi connectivity index (χ1) is 12.1. The minimum atomic E-state index is -0.456. The molecule has 1 aromatic rings. The standard InChI is InChI=1S/C18H26N4O3/c1-20(2)15-5-3-4-14(12-15)17(23)22-7-6-19-13-16(22)18(24)21-8-10-25-11-9-21/h3-5,12,16,19H,6-11,13H2,1-2H3/t16-/m1/s1. The van der Waals surface area contributed by atoms with Crippen molar-refractivity contribution in [2.45, 2.75) is 6.04 Å². The average molecular weight is 346 g/mol. The van der Waals surface area contributed by atoms with Crippen molar-refractivity contribution >= 4 is 17.5 Å². The van der Waals surface area contributed by atoms with Gasteiger partial charge >= 0.3 is 0 Å². The number of amides is 2. The number of piperazine rings is 1. The van der Waals surface area contributed by atoms with Gasteiger partial charge in [-0.05, 0) is 18.2 Å². The lowest BCUT2D eigenvalue weighted by molar-refractivity contribution is -0.140. The van der Waals surface area contributed by atoms with Gasteiger partial charge in [-0.3, -0.25) is 9.59 Å². The highest BCUT2D eigenvalue weighted by Gasteiger charge is 2.35. The van der Waals surface area contributed by atoms with Crippen molar-refractivity contribution in [2.75, 3.05) is 64.9 Å². The van der Waals surface area contributed by atoms with Crippen molar-refractivity contribution in [1.82, 2.24) is 15.1 Å². The Hall–Kier alpha value is -2.12. The van der Waals surface area contributed by atoms with Gasteiger partial charge in [0, 0.05) is 58.1 Å². The number of nitrogens with zero attached hydrogens (tertiary/aromatic N) is 3. The van der Waals surface area contributed by atoms with E-state index in [1.54, 1.807) is 9.80 Å². The van der Waals surface area contributed by atoms with E-state index in [1.165, 1.54) is 0 Å². The monoisotopic (exact) mass is 346 g/mol. The summed E-state index contributed by atoms with van der Waals surface area (Å²) < 4.78 is 5.32. The van der Waals surface area contributed by atoms with Gasteiger partial charge in [0.25, 0.3) is 5.91 Å². The van der Waals surface area contributed by atoms with Gasteiger partial charge in [-0.2, -0.15) is 0 Å². The Kier molecular flexibility index (Phi) is 5.55. The van der Waals surface area contributed by atoms with Gasteiger partial charge in [0.2, 0.25) is 5.91 Å². The van der Waals surface area contributed by atoms with Crippen LogP contribution in [-0.4, -0.2) is 87.7 Å². The maximum Gasteiger partial charge on any atom is 0.254 e. The van der Waals surface area contributed by atoms with Gasteiger partial charge in [-0.15, -0.1) is 0 Å². The third kappa shape index (κ3) is 3.93. The summed E-state index contributed by atoms with van der Waals surface area (Å²) in [4.78, 5) is 31.4. The van der Waals surface area contributed by atoms with Crippen LogP contribution in [0.1, 0.15) is 10.4 Å². The fraction of sp³-hybridized carbons (Fsp3) is 0.556. The summed E-state index contributed by atoms with van der Waals surface area (Å²) >= 11 is 0. The molecule has 0 bridgehead atoms. The lowest BCUT2D eigenvalue weighted by Gasteiger charge is -2.39. The van der Waals surface area contributed by atoms with Crippen LogP contribution in [0.2, 0.25) is 0 Å². The predicted molar refractivity (Wildman–Crippen MR) is 95.9 cm³/mol. The molecular weight excluding hydrogens is 320 g/mol. The second-order valence-corrected chi connectivity index (χ2v) is 6.60. The Morgan fingerprint density at radius 2 is 1.96 bits per heavy atom. The number of ether oxygens (including phenoxy) is 1. The first kappa shape index (κ1) is 17.7. The molecule has 0 unspecified atom stereocenters. The molecule has 2 saturated heterocycles. The third-order valence-electron chi connectivity index (χ3n) is 4.72. The van der Waals surface area contributed by atoms with Crippen LogP contribution in [0.5, 0.6) is 0 Å². The quantitative estimate of drug-likeness (QED) is 0.836. The van der Waals surface area contributed by atoms with E-state index in [4.69, 9.17) is 4.74 Å². The van der Waals surface area contributed by atoms with Crippen molar-refractivity contribution in [2.24, 2.45) is 0 Å². The first-order valence-electron chi connectivity index (χ1n) is 8.73. The summed E-state index contributed by atoms with van der Waals surface area (Å²) in [5.74, 6) is -0.0792. The zero-order chi connectivity index (χ0) is 17.8. The van der Waals surface area contributed by atoms with E-state index in [0.717, 1.165) is 5.69 Å². The number of carbonyl (C=O) groups is 2. The number of morpholine rings is 1. The van der Waals surface area contributed by atoms with Crippen LogP contribution in [-0.2, 0) is 9.53 Å². The van der Waals surface area contributed by atoms with E-state index < -0.39 is 6.04 Å². The van der Waals surface area contributed by atoms with Crippen molar-refractivity contribution in [1.29, 1.82) is 0 Å². The second-order valence-electron chi connectivity index (χ2n) is 6.60. The van der Waals surface area contributed by atoms with E-state index in [-0.39, 0.29) is 11.8 Å². The number of carbonyl (C=O) groups excluding carboxylic acids is 2. The van der Waals surface area contributed by atoms with Crippen LogP contribution in [0.4, 0.5) is 5.69 Å². The van der Waals surface area contributed by atoms with Crippen molar-refractivity contribution in [3.8, 4) is 0 Å². The van der Waals surface area contributed by atoms with Gasteiger partial charge in [0.15, 0.2) is 0 Å². The molecule has 2 fully saturated rings. The number of rotatable bonds is 3. The van der Waals surface area contributed by atoms with Crippen LogP contribution < -0.4 is 10.2 Å². The Balaban J connectivity index is 1.79. The van der Waals surface area contributed by atoms with Gasteiger partial charge in [-0.1, -0.05) is 6.07 Å². The molecule has 0 radical (unpaired) electrons. The predicted octanol–water partition coefficient (Wildman–Crippen LogP) is 0.0254. The van der Waals surface area contributed by atoms with Crippen molar-refractivity contribution in [3.05, 3.63) is 29.8 Å². The number of benzene rings is 1. The smallest absolute Gasteiger partial charge is 0.254 e.